The number of nitrogens with two attached hydrogens (primary N) is 1. The van der Waals surface area contributed by atoms with E-state index in [0.29, 0.717) is 37.6 Å². The SMILES string of the molecule is CCN(CC)CCOc1cncc(/C(=C\N)Cc2ccc(NCC3C=CC(C(F)(F)F)=CC3)nc2)c1. The zero-order valence-corrected chi connectivity index (χ0v) is 20.8. The first-order valence-electron chi connectivity index (χ1n) is 12.2. The molecular weight excluding hydrogens is 467 g/mol. The second-order valence-electron chi connectivity index (χ2n) is 8.60. The maximum Gasteiger partial charge on any atom is 0.416 e. The molecule has 0 bridgehead atoms. The molecule has 2 aromatic heterocycles. The van der Waals surface area contributed by atoms with Crippen LogP contribution in [-0.2, 0) is 6.42 Å². The van der Waals surface area contributed by atoms with Crippen LogP contribution in [-0.4, -0.2) is 53.8 Å². The van der Waals surface area contributed by atoms with Gasteiger partial charge in [0.25, 0.3) is 0 Å². The number of ether oxygens (including phenoxy) is 1. The summed E-state index contributed by atoms with van der Waals surface area (Å²) >= 11 is 0. The van der Waals surface area contributed by atoms with Crippen molar-refractivity contribution >= 4 is 11.4 Å². The normalized spacial score (nSPS) is 16.2. The second kappa shape index (κ2) is 13.1. The summed E-state index contributed by atoms with van der Waals surface area (Å²) in [5, 5.41) is 3.20. The largest absolute Gasteiger partial charge is 0.491 e. The number of halogens is 3. The summed E-state index contributed by atoms with van der Waals surface area (Å²) in [7, 11) is 0. The van der Waals surface area contributed by atoms with E-state index >= 15 is 0 Å². The number of alkyl halides is 3. The minimum Gasteiger partial charge on any atom is -0.491 e. The number of nitrogens with zero attached hydrogens (tertiary/aromatic N) is 3. The van der Waals surface area contributed by atoms with Crippen LogP contribution in [0.2, 0.25) is 0 Å². The van der Waals surface area contributed by atoms with Crippen molar-refractivity contribution in [2.24, 2.45) is 11.7 Å². The lowest BCUT2D eigenvalue weighted by molar-refractivity contribution is -0.0887. The van der Waals surface area contributed by atoms with Crippen LogP contribution in [0.3, 0.4) is 0 Å². The highest BCUT2D eigenvalue weighted by Gasteiger charge is 2.32. The number of nitrogens with one attached hydrogen (secondary N) is 1. The molecule has 0 aromatic carbocycles. The van der Waals surface area contributed by atoms with Crippen LogP contribution in [0, 0.1) is 5.92 Å². The Hall–Kier alpha value is -3.33. The van der Waals surface area contributed by atoms with Crippen molar-refractivity contribution in [2.45, 2.75) is 32.9 Å². The standard InChI is InChI=1S/C27H34F3N5O/c1-3-35(4-2)11-12-36-25-14-23(18-32-19-25)22(15-31)13-21-7-10-26(34-17-21)33-16-20-5-8-24(9-6-20)27(28,29)30/h5,7-10,14-15,17-20H,3-4,6,11-13,16,31H2,1-2H3,(H,33,34)/b22-15-. The van der Waals surface area contributed by atoms with Crippen molar-refractivity contribution in [1.82, 2.24) is 14.9 Å². The number of hydrogen-bond donors (Lipinski definition) is 2. The number of allylic oxidation sites excluding steroid dienone is 4. The van der Waals surface area contributed by atoms with Crippen molar-refractivity contribution in [2.75, 3.05) is 38.1 Å². The molecule has 0 aliphatic heterocycles. The first-order chi connectivity index (χ1) is 17.3. The summed E-state index contributed by atoms with van der Waals surface area (Å²) < 4.78 is 44.1. The van der Waals surface area contributed by atoms with E-state index in [-0.39, 0.29) is 5.92 Å². The van der Waals surface area contributed by atoms with Crippen molar-refractivity contribution < 1.29 is 17.9 Å². The number of likely N-dealkylation sites (N-methyl/N-ethyl adjacent to an activating group) is 1. The third-order valence-corrected chi connectivity index (χ3v) is 6.14. The quantitative estimate of drug-likeness (QED) is 0.416. The molecule has 1 aliphatic rings. The predicted octanol–water partition coefficient (Wildman–Crippen LogP) is 5.22. The van der Waals surface area contributed by atoms with E-state index in [0.717, 1.165) is 42.4 Å². The van der Waals surface area contributed by atoms with Gasteiger partial charge in [0.2, 0.25) is 0 Å². The molecule has 1 unspecified atom stereocenters. The Bertz CT molecular complexity index is 1060. The molecule has 0 amide bonds. The molecule has 2 aromatic rings. The van der Waals surface area contributed by atoms with Gasteiger partial charge in [-0.2, -0.15) is 13.2 Å². The average Bonchev–Trinajstić information content (AvgIpc) is 2.89. The highest BCUT2D eigenvalue weighted by atomic mass is 19.4. The molecule has 1 aliphatic carbocycles. The zero-order valence-electron chi connectivity index (χ0n) is 20.8. The van der Waals surface area contributed by atoms with E-state index in [4.69, 9.17) is 10.5 Å². The maximum absolute atomic E-state index is 12.7. The van der Waals surface area contributed by atoms with Gasteiger partial charge in [0.05, 0.1) is 11.8 Å². The Labute approximate surface area is 210 Å². The summed E-state index contributed by atoms with van der Waals surface area (Å²) in [6, 6.07) is 5.75. The van der Waals surface area contributed by atoms with Crippen LogP contribution < -0.4 is 15.8 Å². The van der Waals surface area contributed by atoms with Gasteiger partial charge >= 0.3 is 6.18 Å². The van der Waals surface area contributed by atoms with Gasteiger partial charge in [-0.3, -0.25) is 4.98 Å². The number of pyridine rings is 2. The highest BCUT2D eigenvalue weighted by Crippen LogP contribution is 2.31. The summed E-state index contributed by atoms with van der Waals surface area (Å²) in [4.78, 5) is 11.0. The lowest BCUT2D eigenvalue weighted by atomic mass is 9.96. The summed E-state index contributed by atoms with van der Waals surface area (Å²) in [5.41, 5.74) is 8.10. The summed E-state index contributed by atoms with van der Waals surface area (Å²) in [6.45, 7) is 8.17. The van der Waals surface area contributed by atoms with Crippen LogP contribution in [0.25, 0.3) is 5.57 Å². The van der Waals surface area contributed by atoms with E-state index in [2.05, 4.69) is 34.0 Å². The Morgan fingerprint density at radius 3 is 2.64 bits per heavy atom. The topological polar surface area (TPSA) is 76.3 Å². The predicted molar refractivity (Wildman–Crippen MR) is 138 cm³/mol. The van der Waals surface area contributed by atoms with Crippen LogP contribution in [0.15, 0.2) is 66.8 Å². The molecule has 36 heavy (non-hydrogen) atoms. The van der Waals surface area contributed by atoms with E-state index in [1.54, 1.807) is 30.9 Å². The first kappa shape index (κ1) is 27.3. The van der Waals surface area contributed by atoms with Crippen LogP contribution in [0.5, 0.6) is 5.75 Å². The summed E-state index contributed by atoms with van der Waals surface area (Å²) in [6.07, 6.45) is 7.40. The number of rotatable bonds is 12. The lowest BCUT2D eigenvalue weighted by Gasteiger charge is -2.18. The molecule has 3 N–H and O–H groups in total. The molecular formula is C27H34F3N5O. The number of hydrogen-bond acceptors (Lipinski definition) is 6. The monoisotopic (exact) mass is 501 g/mol. The smallest absolute Gasteiger partial charge is 0.416 e. The van der Waals surface area contributed by atoms with E-state index in [1.165, 1.54) is 6.08 Å². The molecule has 3 rings (SSSR count). The number of anilines is 1. The fourth-order valence-electron chi connectivity index (χ4n) is 3.88. The lowest BCUT2D eigenvalue weighted by Crippen LogP contribution is -2.27. The Morgan fingerprint density at radius 1 is 1.22 bits per heavy atom. The molecule has 9 heteroatoms. The fourth-order valence-corrected chi connectivity index (χ4v) is 3.88. The van der Waals surface area contributed by atoms with Gasteiger partial charge in [-0.05, 0) is 54.9 Å². The van der Waals surface area contributed by atoms with Crippen LogP contribution in [0.1, 0.15) is 31.4 Å². The minimum absolute atomic E-state index is 0.0154. The van der Waals surface area contributed by atoms with Gasteiger partial charge in [-0.15, -0.1) is 0 Å². The molecule has 0 saturated carbocycles. The van der Waals surface area contributed by atoms with Gasteiger partial charge in [0, 0.05) is 37.5 Å². The van der Waals surface area contributed by atoms with Crippen molar-refractivity contribution in [3.8, 4) is 5.75 Å². The van der Waals surface area contributed by atoms with Gasteiger partial charge in [0.15, 0.2) is 0 Å². The van der Waals surface area contributed by atoms with E-state index in [1.807, 2.05) is 18.2 Å². The summed E-state index contributed by atoms with van der Waals surface area (Å²) in [5.74, 6) is 1.35. The van der Waals surface area contributed by atoms with Gasteiger partial charge in [0.1, 0.15) is 18.2 Å². The first-order valence-corrected chi connectivity index (χ1v) is 12.2. The van der Waals surface area contributed by atoms with Crippen molar-refractivity contribution in [3.05, 3.63) is 77.9 Å². The highest BCUT2D eigenvalue weighted by molar-refractivity contribution is 5.67. The van der Waals surface area contributed by atoms with Gasteiger partial charge in [-0.25, -0.2) is 4.98 Å². The Kier molecular flexibility index (Phi) is 9.93. The van der Waals surface area contributed by atoms with Crippen LogP contribution in [0.4, 0.5) is 19.0 Å². The molecule has 194 valence electrons. The van der Waals surface area contributed by atoms with Crippen molar-refractivity contribution in [3.63, 3.8) is 0 Å². The van der Waals surface area contributed by atoms with Gasteiger partial charge in [-0.1, -0.05) is 38.1 Å². The molecule has 0 spiro atoms. The van der Waals surface area contributed by atoms with E-state index in [9.17, 15) is 13.2 Å². The molecule has 0 saturated heterocycles. The third kappa shape index (κ3) is 8.12. The fraction of sp³-hybridized carbons (Fsp3) is 0.407. The Balaban J connectivity index is 1.51. The number of aromatic nitrogens is 2. The van der Waals surface area contributed by atoms with Crippen LogP contribution >= 0.6 is 0 Å². The molecule has 0 radical (unpaired) electrons. The van der Waals surface area contributed by atoms with Crippen molar-refractivity contribution in [1.29, 1.82) is 0 Å². The second-order valence-corrected chi connectivity index (χ2v) is 8.60. The van der Waals surface area contributed by atoms with Gasteiger partial charge < -0.3 is 20.7 Å². The molecule has 1 atom stereocenters. The molecule has 2 heterocycles. The maximum atomic E-state index is 12.7. The average molecular weight is 502 g/mol. The molecule has 0 fully saturated rings. The zero-order chi connectivity index (χ0) is 26.0. The minimum atomic E-state index is -4.29. The molecule has 6 nitrogen and oxygen atoms in total. The Morgan fingerprint density at radius 2 is 2.03 bits per heavy atom. The third-order valence-electron chi connectivity index (χ3n) is 6.14. The van der Waals surface area contributed by atoms with E-state index < -0.39 is 11.7 Å².